The Morgan fingerprint density at radius 3 is 3.15 bits per heavy atom. The molecule has 1 amide bonds. The molecule has 1 rings (SSSR count). The van der Waals surface area contributed by atoms with Crippen molar-refractivity contribution in [2.45, 2.75) is 13.3 Å². The fraction of sp³-hybridized carbons (Fsp3) is 0.444. The molecule has 0 atom stereocenters. The summed E-state index contributed by atoms with van der Waals surface area (Å²) in [5.41, 5.74) is 0. The van der Waals surface area contributed by atoms with Crippen molar-refractivity contribution in [3.8, 4) is 0 Å². The van der Waals surface area contributed by atoms with Gasteiger partial charge in [-0.2, -0.15) is 0 Å². The van der Waals surface area contributed by atoms with E-state index in [1.165, 1.54) is 4.90 Å². The van der Waals surface area contributed by atoms with Crippen LogP contribution in [0.3, 0.4) is 0 Å². The first-order valence-corrected chi connectivity index (χ1v) is 4.25. The first-order valence-electron chi connectivity index (χ1n) is 4.25. The quantitative estimate of drug-likeness (QED) is 0.725. The van der Waals surface area contributed by atoms with Gasteiger partial charge in [-0.1, -0.05) is 19.1 Å². The van der Waals surface area contributed by atoms with Gasteiger partial charge in [0.1, 0.15) is 0 Å². The Labute approximate surface area is 77.1 Å². The topological polar surface area (TPSA) is 49.8 Å². The van der Waals surface area contributed by atoms with E-state index in [1.54, 1.807) is 18.2 Å². The van der Waals surface area contributed by atoms with Gasteiger partial charge in [0.25, 0.3) is 0 Å². The SMILES string of the molecule is CCCOC1=CC=CCN1C(=O)O. The number of hydrogen-bond donors (Lipinski definition) is 1. The summed E-state index contributed by atoms with van der Waals surface area (Å²) in [6, 6.07) is 0. The van der Waals surface area contributed by atoms with Crippen LogP contribution in [0.15, 0.2) is 24.1 Å². The van der Waals surface area contributed by atoms with E-state index in [2.05, 4.69) is 0 Å². The van der Waals surface area contributed by atoms with E-state index in [1.807, 2.05) is 6.92 Å². The van der Waals surface area contributed by atoms with Crippen LogP contribution < -0.4 is 0 Å². The molecule has 0 aromatic heterocycles. The lowest BCUT2D eigenvalue weighted by molar-refractivity contribution is 0.101. The predicted molar refractivity (Wildman–Crippen MR) is 48.2 cm³/mol. The minimum Gasteiger partial charge on any atom is -0.479 e. The van der Waals surface area contributed by atoms with Crippen molar-refractivity contribution < 1.29 is 14.6 Å². The van der Waals surface area contributed by atoms with E-state index >= 15 is 0 Å². The molecule has 1 aliphatic heterocycles. The Hall–Kier alpha value is -1.45. The number of nitrogens with zero attached hydrogens (tertiary/aromatic N) is 1. The highest BCUT2D eigenvalue weighted by molar-refractivity contribution is 5.67. The van der Waals surface area contributed by atoms with Crippen molar-refractivity contribution in [2.75, 3.05) is 13.2 Å². The number of carboxylic acid groups (broad SMARTS) is 1. The van der Waals surface area contributed by atoms with Gasteiger partial charge in [-0.15, -0.1) is 0 Å². The standard InChI is InChI=1S/C9H13NO3/c1-2-7-13-8-5-3-4-6-10(8)9(11)12/h3-5H,2,6-7H2,1H3,(H,11,12). The number of hydrogen-bond acceptors (Lipinski definition) is 2. The van der Waals surface area contributed by atoms with E-state index in [0.29, 0.717) is 19.0 Å². The Balaban J connectivity index is 2.60. The summed E-state index contributed by atoms with van der Waals surface area (Å²) in [6.07, 6.45) is 5.12. The lowest BCUT2D eigenvalue weighted by Crippen LogP contribution is -2.31. The molecule has 1 aliphatic rings. The fourth-order valence-corrected chi connectivity index (χ4v) is 1.00. The zero-order valence-electron chi connectivity index (χ0n) is 7.56. The normalized spacial score (nSPS) is 15.5. The van der Waals surface area contributed by atoms with Crippen LogP contribution in [0.4, 0.5) is 4.79 Å². The van der Waals surface area contributed by atoms with Gasteiger partial charge in [0.2, 0.25) is 0 Å². The molecule has 1 heterocycles. The van der Waals surface area contributed by atoms with Crippen LogP contribution in [0.5, 0.6) is 0 Å². The number of carbonyl (C=O) groups is 1. The Morgan fingerprint density at radius 2 is 2.54 bits per heavy atom. The fourth-order valence-electron chi connectivity index (χ4n) is 1.00. The van der Waals surface area contributed by atoms with Crippen molar-refractivity contribution in [1.82, 2.24) is 4.90 Å². The number of amides is 1. The zero-order chi connectivity index (χ0) is 9.68. The number of allylic oxidation sites excluding steroid dienone is 2. The first kappa shape index (κ1) is 9.64. The second-order valence-electron chi connectivity index (χ2n) is 2.67. The zero-order valence-corrected chi connectivity index (χ0v) is 7.56. The highest BCUT2D eigenvalue weighted by Gasteiger charge is 2.18. The van der Waals surface area contributed by atoms with Crippen LogP contribution in [0.25, 0.3) is 0 Å². The monoisotopic (exact) mass is 183 g/mol. The molecule has 1 N–H and O–H groups in total. The predicted octanol–water partition coefficient (Wildman–Crippen LogP) is 1.80. The van der Waals surface area contributed by atoms with E-state index in [4.69, 9.17) is 9.84 Å². The molecule has 0 radical (unpaired) electrons. The molecule has 0 saturated heterocycles. The molecule has 0 spiro atoms. The van der Waals surface area contributed by atoms with Crippen LogP contribution in [0, 0.1) is 0 Å². The van der Waals surface area contributed by atoms with Gasteiger partial charge in [-0.05, 0) is 12.5 Å². The van der Waals surface area contributed by atoms with Crippen molar-refractivity contribution in [2.24, 2.45) is 0 Å². The van der Waals surface area contributed by atoms with E-state index in [0.717, 1.165) is 6.42 Å². The van der Waals surface area contributed by atoms with E-state index < -0.39 is 6.09 Å². The molecule has 0 aromatic carbocycles. The van der Waals surface area contributed by atoms with Crippen molar-refractivity contribution >= 4 is 6.09 Å². The maximum absolute atomic E-state index is 10.7. The molecule has 0 saturated carbocycles. The summed E-state index contributed by atoms with van der Waals surface area (Å²) in [6.45, 7) is 2.89. The third-order valence-corrected chi connectivity index (χ3v) is 1.61. The highest BCUT2D eigenvalue weighted by Crippen LogP contribution is 2.11. The lowest BCUT2D eigenvalue weighted by Gasteiger charge is -2.22. The van der Waals surface area contributed by atoms with Gasteiger partial charge < -0.3 is 9.84 Å². The summed E-state index contributed by atoms with van der Waals surface area (Å²) >= 11 is 0. The first-order chi connectivity index (χ1) is 6.25. The molecule has 0 aromatic rings. The molecule has 4 nitrogen and oxygen atoms in total. The van der Waals surface area contributed by atoms with Crippen molar-refractivity contribution in [3.63, 3.8) is 0 Å². The molecule has 13 heavy (non-hydrogen) atoms. The van der Waals surface area contributed by atoms with Gasteiger partial charge in [-0.3, -0.25) is 0 Å². The van der Waals surface area contributed by atoms with Crippen LogP contribution in [0.2, 0.25) is 0 Å². The summed E-state index contributed by atoms with van der Waals surface area (Å²) in [4.78, 5) is 11.9. The average molecular weight is 183 g/mol. The Bertz CT molecular complexity index is 245. The third-order valence-electron chi connectivity index (χ3n) is 1.61. The van der Waals surface area contributed by atoms with E-state index in [-0.39, 0.29) is 0 Å². The number of rotatable bonds is 3. The summed E-state index contributed by atoms with van der Waals surface area (Å²) < 4.78 is 5.26. The van der Waals surface area contributed by atoms with Gasteiger partial charge in [0, 0.05) is 0 Å². The molecule has 4 heteroatoms. The van der Waals surface area contributed by atoms with Crippen molar-refractivity contribution in [1.29, 1.82) is 0 Å². The largest absolute Gasteiger partial charge is 0.479 e. The van der Waals surface area contributed by atoms with E-state index in [9.17, 15) is 4.79 Å². The van der Waals surface area contributed by atoms with Gasteiger partial charge >= 0.3 is 6.09 Å². The molecule has 0 aliphatic carbocycles. The van der Waals surface area contributed by atoms with Crippen LogP contribution >= 0.6 is 0 Å². The average Bonchev–Trinajstić information content (AvgIpc) is 2.15. The molecular formula is C9H13NO3. The summed E-state index contributed by atoms with van der Waals surface area (Å²) in [7, 11) is 0. The molecule has 0 unspecified atom stereocenters. The molecule has 0 fully saturated rings. The number of ether oxygens (including phenoxy) is 1. The third kappa shape index (κ3) is 2.50. The lowest BCUT2D eigenvalue weighted by atomic mass is 10.3. The molecule has 72 valence electrons. The maximum atomic E-state index is 10.7. The van der Waals surface area contributed by atoms with Crippen LogP contribution in [0.1, 0.15) is 13.3 Å². The second-order valence-corrected chi connectivity index (χ2v) is 2.67. The van der Waals surface area contributed by atoms with Crippen molar-refractivity contribution in [3.05, 3.63) is 24.1 Å². The molecular weight excluding hydrogens is 170 g/mol. The maximum Gasteiger partial charge on any atom is 0.414 e. The second kappa shape index (κ2) is 4.54. The smallest absolute Gasteiger partial charge is 0.414 e. The highest BCUT2D eigenvalue weighted by atomic mass is 16.5. The Morgan fingerprint density at radius 1 is 1.77 bits per heavy atom. The van der Waals surface area contributed by atoms with Gasteiger partial charge in [0.05, 0.1) is 13.2 Å². The molecule has 0 bridgehead atoms. The summed E-state index contributed by atoms with van der Waals surface area (Å²) in [5, 5.41) is 8.78. The van der Waals surface area contributed by atoms with Crippen LogP contribution in [-0.2, 0) is 4.74 Å². The summed E-state index contributed by atoms with van der Waals surface area (Å²) in [5.74, 6) is 0.414. The van der Waals surface area contributed by atoms with Gasteiger partial charge in [0.15, 0.2) is 5.88 Å². The van der Waals surface area contributed by atoms with Gasteiger partial charge in [-0.25, -0.2) is 9.69 Å². The Kier molecular flexibility index (Phi) is 3.37. The van der Waals surface area contributed by atoms with Crippen LogP contribution in [-0.4, -0.2) is 29.3 Å². The minimum atomic E-state index is -0.980. The minimum absolute atomic E-state index is 0.366.